The van der Waals surface area contributed by atoms with E-state index in [9.17, 15) is 9.90 Å². The quantitative estimate of drug-likeness (QED) is 0.546. The van der Waals surface area contributed by atoms with Gasteiger partial charge in [0.1, 0.15) is 11.4 Å². The van der Waals surface area contributed by atoms with Gasteiger partial charge in [0.25, 0.3) is 0 Å². The van der Waals surface area contributed by atoms with Gasteiger partial charge in [0.2, 0.25) is 5.91 Å². The van der Waals surface area contributed by atoms with Gasteiger partial charge in [0.15, 0.2) is 0 Å². The molecule has 0 saturated carbocycles. The van der Waals surface area contributed by atoms with Gasteiger partial charge >= 0.3 is 0 Å². The minimum absolute atomic E-state index is 0.0963. The van der Waals surface area contributed by atoms with Gasteiger partial charge in [0.05, 0.1) is 17.1 Å². The average Bonchev–Trinajstić information content (AvgIpc) is 3.37. The van der Waals surface area contributed by atoms with Crippen molar-refractivity contribution in [3.8, 4) is 0 Å². The molecule has 186 valence electrons. The van der Waals surface area contributed by atoms with Crippen molar-refractivity contribution in [1.82, 2.24) is 19.8 Å². The molecule has 5 rings (SSSR count). The molecule has 6 heteroatoms. The monoisotopic (exact) mass is 474 g/mol. The highest BCUT2D eigenvalue weighted by Gasteiger charge is 2.36. The van der Waals surface area contributed by atoms with E-state index >= 15 is 0 Å². The van der Waals surface area contributed by atoms with Gasteiger partial charge < -0.3 is 19.9 Å². The number of nitrogens with one attached hydrogen (secondary N) is 1. The molecule has 2 N–H and O–H groups in total. The molecule has 1 aliphatic heterocycles. The van der Waals surface area contributed by atoms with Crippen LogP contribution in [0.4, 0.5) is 0 Å². The largest absolute Gasteiger partial charge is 0.383 e. The number of hydrogen-bond acceptors (Lipinski definition) is 4. The summed E-state index contributed by atoms with van der Waals surface area (Å²) < 4.78 is 2.29. The highest BCUT2D eigenvalue weighted by atomic mass is 16.3. The topological polar surface area (TPSA) is 70.4 Å². The van der Waals surface area contributed by atoms with E-state index in [0.29, 0.717) is 18.4 Å². The second kappa shape index (κ2) is 9.40. The highest BCUT2D eigenvalue weighted by Crippen LogP contribution is 2.38. The zero-order valence-electron chi connectivity index (χ0n) is 21.4. The maximum absolute atomic E-state index is 12.3. The van der Waals surface area contributed by atoms with Crippen molar-refractivity contribution < 1.29 is 9.90 Å². The molecule has 0 radical (unpaired) electrons. The number of aromatic nitrogens is 2. The van der Waals surface area contributed by atoms with Crippen molar-refractivity contribution in [3.05, 3.63) is 65.0 Å². The Morgan fingerprint density at radius 3 is 2.63 bits per heavy atom. The maximum atomic E-state index is 12.3. The summed E-state index contributed by atoms with van der Waals surface area (Å²) in [6.45, 7) is 10.6. The first-order valence-electron chi connectivity index (χ1n) is 13.1. The summed E-state index contributed by atoms with van der Waals surface area (Å²) in [7, 11) is 0. The number of likely N-dealkylation sites (tertiary alicyclic amines) is 1. The fourth-order valence-corrected chi connectivity index (χ4v) is 6.02. The Labute approximate surface area is 208 Å². The summed E-state index contributed by atoms with van der Waals surface area (Å²) in [5.74, 6) is 1.27. The number of aryl methyl sites for hydroxylation is 1. The molecule has 6 nitrogen and oxygen atoms in total. The Hall–Kier alpha value is -2.70. The number of piperidine rings is 1. The van der Waals surface area contributed by atoms with Gasteiger partial charge in [0, 0.05) is 38.0 Å². The minimum Gasteiger partial charge on any atom is -0.383 e. The van der Waals surface area contributed by atoms with Crippen molar-refractivity contribution in [1.29, 1.82) is 0 Å². The van der Waals surface area contributed by atoms with Crippen LogP contribution < -0.4 is 5.32 Å². The number of rotatable bonds is 6. The number of nitrogens with zero attached hydrogens (tertiary/aromatic N) is 3. The molecule has 2 atom stereocenters. The van der Waals surface area contributed by atoms with Crippen molar-refractivity contribution in [2.75, 3.05) is 19.6 Å². The molecule has 1 saturated heterocycles. The van der Waals surface area contributed by atoms with Crippen LogP contribution in [0.3, 0.4) is 0 Å². The molecule has 0 spiro atoms. The smallest absolute Gasteiger partial charge is 0.220 e. The van der Waals surface area contributed by atoms with Gasteiger partial charge in [-0.15, -0.1) is 0 Å². The summed E-state index contributed by atoms with van der Waals surface area (Å²) >= 11 is 0. The van der Waals surface area contributed by atoms with E-state index in [4.69, 9.17) is 4.98 Å². The van der Waals surface area contributed by atoms with E-state index in [1.165, 1.54) is 16.7 Å². The van der Waals surface area contributed by atoms with Crippen LogP contribution in [0.2, 0.25) is 0 Å². The molecular formula is C29H38N4O2. The van der Waals surface area contributed by atoms with E-state index < -0.39 is 5.60 Å². The molecule has 1 aliphatic carbocycles. The number of imidazole rings is 1. The van der Waals surface area contributed by atoms with Gasteiger partial charge in [-0.2, -0.15) is 0 Å². The molecule has 1 unspecified atom stereocenters. The molecule has 1 amide bonds. The summed E-state index contributed by atoms with van der Waals surface area (Å²) in [5.41, 5.74) is 4.90. The first-order chi connectivity index (χ1) is 16.7. The maximum Gasteiger partial charge on any atom is 0.220 e. The molecule has 2 aliphatic rings. The Morgan fingerprint density at radius 1 is 1.17 bits per heavy atom. The molecule has 1 aromatic heterocycles. The van der Waals surface area contributed by atoms with E-state index in [1.54, 1.807) is 0 Å². The van der Waals surface area contributed by atoms with Gasteiger partial charge in [-0.25, -0.2) is 4.98 Å². The SMILES string of the molecule is CCC(=O)N[C@H]1c2ccccc2CC1CN1CCC(n2c(C(C)(C)O)nc3cc(C)ccc32)CC1. The van der Waals surface area contributed by atoms with Crippen molar-refractivity contribution in [2.45, 2.75) is 71.1 Å². The normalized spacial score (nSPS) is 21.4. The number of carbonyl (C=O) groups is 1. The fraction of sp³-hybridized carbons (Fsp3) is 0.517. The molecule has 35 heavy (non-hydrogen) atoms. The molecule has 2 heterocycles. The number of carbonyl (C=O) groups excluding carboxylic acids is 1. The summed E-state index contributed by atoms with van der Waals surface area (Å²) in [5, 5.41) is 14.2. The Balaban J connectivity index is 1.32. The zero-order chi connectivity index (χ0) is 24.7. The Bertz CT molecular complexity index is 1220. The number of amides is 1. The van der Waals surface area contributed by atoms with Crippen LogP contribution in [0.25, 0.3) is 11.0 Å². The Morgan fingerprint density at radius 2 is 1.91 bits per heavy atom. The van der Waals surface area contributed by atoms with Crippen LogP contribution in [0.5, 0.6) is 0 Å². The molecule has 1 fully saturated rings. The molecule has 0 bridgehead atoms. The summed E-state index contributed by atoms with van der Waals surface area (Å²) in [6, 6.07) is 15.4. The number of hydrogen-bond donors (Lipinski definition) is 2. The predicted octanol–water partition coefficient (Wildman–Crippen LogP) is 4.65. The zero-order valence-corrected chi connectivity index (χ0v) is 21.4. The predicted molar refractivity (Wildman–Crippen MR) is 139 cm³/mol. The second-order valence-electron chi connectivity index (χ2n) is 11.0. The van der Waals surface area contributed by atoms with Gasteiger partial charge in [-0.3, -0.25) is 4.79 Å². The molecule has 3 aromatic rings. The van der Waals surface area contributed by atoms with Crippen molar-refractivity contribution in [3.63, 3.8) is 0 Å². The van der Waals surface area contributed by atoms with Crippen LogP contribution in [0.15, 0.2) is 42.5 Å². The van der Waals surface area contributed by atoms with Crippen LogP contribution in [0.1, 0.15) is 74.6 Å². The summed E-state index contributed by atoms with van der Waals surface area (Å²) in [4.78, 5) is 19.7. The van der Waals surface area contributed by atoms with E-state index in [1.807, 2.05) is 20.8 Å². The average molecular weight is 475 g/mol. The molecule has 2 aromatic carbocycles. The lowest BCUT2D eigenvalue weighted by Gasteiger charge is -2.37. The standard InChI is InChI=1S/C29H38N4O2/c1-5-26(34)31-27-21(17-20-8-6-7-9-23(20)27)18-32-14-12-22(13-15-32)33-25-11-10-19(2)16-24(25)30-28(33)29(3,4)35/h6-11,16,21-22,27,35H,5,12-15,17-18H2,1-4H3,(H,31,34)/t21?,27-/m1/s1. The van der Waals surface area contributed by atoms with Crippen LogP contribution >= 0.6 is 0 Å². The molecular weight excluding hydrogens is 436 g/mol. The van der Waals surface area contributed by atoms with Gasteiger partial charge in [-0.05, 0) is 68.9 Å². The van der Waals surface area contributed by atoms with Crippen LogP contribution in [-0.4, -0.2) is 45.1 Å². The first kappa shape index (κ1) is 24.0. The van der Waals surface area contributed by atoms with Crippen LogP contribution in [-0.2, 0) is 16.8 Å². The fourth-order valence-electron chi connectivity index (χ4n) is 6.02. The lowest BCUT2D eigenvalue weighted by atomic mass is 9.96. The second-order valence-corrected chi connectivity index (χ2v) is 11.0. The van der Waals surface area contributed by atoms with Gasteiger partial charge in [-0.1, -0.05) is 37.3 Å². The summed E-state index contributed by atoms with van der Waals surface area (Å²) in [6.07, 6.45) is 3.57. The third-order valence-corrected chi connectivity index (χ3v) is 7.79. The minimum atomic E-state index is -0.996. The van der Waals surface area contributed by atoms with Crippen molar-refractivity contribution >= 4 is 16.9 Å². The lowest BCUT2D eigenvalue weighted by molar-refractivity contribution is -0.121. The first-order valence-corrected chi connectivity index (χ1v) is 13.1. The van der Waals surface area contributed by atoms with E-state index in [2.05, 4.69) is 64.2 Å². The number of fused-ring (bicyclic) bond motifs is 2. The Kier molecular flexibility index (Phi) is 6.45. The third kappa shape index (κ3) is 4.74. The lowest BCUT2D eigenvalue weighted by Crippen LogP contribution is -2.41. The number of benzene rings is 2. The highest BCUT2D eigenvalue weighted by molar-refractivity contribution is 5.77. The van der Waals surface area contributed by atoms with Crippen LogP contribution in [0, 0.1) is 12.8 Å². The number of aliphatic hydroxyl groups is 1. The van der Waals surface area contributed by atoms with Crippen molar-refractivity contribution in [2.24, 2.45) is 5.92 Å². The van der Waals surface area contributed by atoms with E-state index in [-0.39, 0.29) is 11.9 Å². The van der Waals surface area contributed by atoms with E-state index in [0.717, 1.165) is 55.8 Å². The third-order valence-electron chi connectivity index (χ3n) is 7.79.